The maximum absolute atomic E-state index is 12.7. The lowest BCUT2D eigenvalue weighted by Gasteiger charge is -2.34. The van der Waals surface area contributed by atoms with Crippen molar-refractivity contribution in [2.24, 2.45) is 0 Å². The number of aryl methyl sites for hydroxylation is 2. The molecule has 0 radical (unpaired) electrons. The van der Waals surface area contributed by atoms with Crippen LogP contribution in [0.1, 0.15) is 11.1 Å². The van der Waals surface area contributed by atoms with E-state index in [4.69, 9.17) is 16.3 Å². The highest BCUT2D eigenvalue weighted by Crippen LogP contribution is 2.23. The van der Waals surface area contributed by atoms with Gasteiger partial charge in [-0.25, -0.2) is 8.42 Å². The molecule has 0 atom stereocenters. The van der Waals surface area contributed by atoms with Crippen molar-refractivity contribution in [1.82, 2.24) is 9.21 Å². The van der Waals surface area contributed by atoms with Crippen molar-refractivity contribution >= 4 is 27.5 Å². The zero-order valence-electron chi connectivity index (χ0n) is 15.9. The number of nitrogens with zero attached hydrogens (tertiary/aromatic N) is 2. The van der Waals surface area contributed by atoms with E-state index in [0.29, 0.717) is 18.1 Å². The molecule has 28 heavy (non-hydrogen) atoms. The van der Waals surface area contributed by atoms with Gasteiger partial charge in [0, 0.05) is 31.2 Å². The summed E-state index contributed by atoms with van der Waals surface area (Å²) in [5.74, 6) is 0.570. The van der Waals surface area contributed by atoms with Gasteiger partial charge in [0.25, 0.3) is 5.91 Å². The molecular weight excluding hydrogens is 400 g/mol. The quantitative estimate of drug-likeness (QED) is 0.743. The second-order valence-corrected chi connectivity index (χ2v) is 9.13. The third-order valence-corrected chi connectivity index (χ3v) is 6.90. The summed E-state index contributed by atoms with van der Waals surface area (Å²) >= 11 is 5.91. The fourth-order valence-electron chi connectivity index (χ4n) is 3.21. The van der Waals surface area contributed by atoms with E-state index in [0.717, 1.165) is 16.9 Å². The molecule has 0 aliphatic carbocycles. The number of piperazine rings is 1. The Hall–Kier alpha value is -2.09. The summed E-state index contributed by atoms with van der Waals surface area (Å²) in [6.07, 6.45) is 0. The van der Waals surface area contributed by atoms with Crippen molar-refractivity contribution < 1.29 is 17.9 Å². The van der Waals surface area contributed by atoms with Gasteiger partial charge in [0.05, 0.1) is 4.90 Å². The first-order valence-corrected chi connectivity index (χ1v) is 10.8. The minimum atomic E-state index is -3.62. The number of hydrogen-bond donors (Lipinski definition) is 0. The molecule has 150 valence electrons. The largest absolute Gasteiger partial charge is 0.483 e. The number of carbonyl (C=O) groups is 1. The molecule has 2 aromatic rings. The standard InChI is InChI=1S/C20H23ClN2O4S/c1-15-5-3-6-16(2)20(15)27-14-19(24)22-9-11-23(12-10-22)28(25,26)18-8-4-7-17(21)13-18/h3-8,13H,9-12,14H2,1-2H3. The van der Waals surface area contributed by atoms with E-state index < -0.39 is 10.0 Å². The summed E-state index contributed by atoms with van der Waals surface area (Å²) in [5.41, 5.74) is 1.95. The Morgan fingerprint density at radius 2 is 1.64 bits per heavy atom. The van der Waals surface area contributed by atoms with Crippen molar-refractivity contribution in [3.05, 3.63) is 58.6 Å². The fourth-order valence-corrected chi connectivity index (χ4v) is 4.93. The molecular formula is C20H23ClN2O4S. The number of para-hydroxylation sites is 1. The minimum Gasteiger partial charge on any atom is -0.483 e. The lowest BCUT2D eigenvalue weighted by molar-refractivity contribution is -0.134. The van der Waals surface area contributed by atoms with Crippen LogP contribution in [0.5, 0.6) is 5.75 Å². The van der Waals surface area contributed by atoms with Crippen LogP contribution in [0, 0.1) is 13.8 Å². The monoisotopic (exact) mass is 422 g/mol. The van der Waals surface area contributed by atoms with Gasteiger partial charge in [0.2, 0.25) is 10.0 Å². The van der Waals surface area contributed by atoms with Crippen LogP contribution >= 0.6 is 11.6 Å². The first-order valence-electron chi connectivity index (χ1n) is 9.01. The Balaban J connectivity index is 1.58. The van der Waals surface area contributed by atoms with Crippen LogP contribution < -0.4 is 4.74 Å². The predicted molar refractivity (Wildman–Crippen MR) is 108 cm³/mol. The van der Waals surface area contributed by atoms with Gasteiger partial charge in [-0.1, -0.05) is 35.9 Å². The zero-order chi connectivity index (χ0) is 20.3. The molecule has 1 amide bonds. The lowest BCUT2D eigenvalue weighted by Crippen LogP contribution is -2.51. The molecule has 1 saturated heterocycles. The smallest absolute Gasteiger partial charge is 0.260 e. The number of carbonyl (C=O) groups excluding carboxylic acids is 1. The molecule has 8 heteroatoms. The second kappa shape index (κ2) is 8.51. The first-order chi connectivity index (χ1) is 13.3. The lowest BCUT2D eigenvalue weighted by atomic mass is 10.1. The minimum absolute atomic E-state index is 0.0628. The number of halogens is 1. The molecule has 6 nitrogen and oxygen atoms in total. The number of ether oxygens (including phenoxy) is 1. The third kappa shape index (κ3) is 4.48. The van der Waals surface area contributed by atoms with E-state index in [1.165, 1.54) is 16.4 Å². The van der Waals surface area contributed by atoms with E-state index in [-0.39, 0.29) is 30.5 Å². The molecule has 0 spiro atoms. The van der Waals surface area contributed by atoms with Gasteiger partial charge >= 0.3 is 0 Å². The van der Waals surface area contributed by atoms with Crippen molar-refractivity contribution in [1.29, 1.82) is 0 Å². The van der Waals surface area contributed by atoms with Gasteiger partial charge in [-0.05, 0) is 43.2 Å². The van der Waals surface area contributed by atoms with Gasteiger partial charge < -0.3 is 9.64 Å². The van der Waals surface area contributed by atoms with Crippen molar-refractivity contribution in [2.45, 2.75) is 18.7 Å². The van der Waals surface area contributed by atoms with Crippen LogP contribution in [0.3, 0.4) is 0 Å². The number of sulfonamides is 1. The molecule has 0 bridgehead atoms. The number of rotatable bonds is 5. The van der Waals surface area contributed by atoms with Crippen LogP contribution in [0.25, 0.3) is 0 Å². The molecule has 0 N–H and O–H groups in total. The highest BCUT2D eigenvalue weighted by atomic mass is 35.5. The molecule has 0 unspecified atom stereocenters. The van der Waals surface area contributed by atoms with Gasteiger partial charge in [-0.3, -0.25) is 4.79 Å². The van der Waals surface area contributed by atoms with Gasteiger partial charge in [0.15, 0.2) is 6.61 Å². The van der Waals surface area contributed by atoms with Crippen molar-refractivity contribution in [3.63, 3.8) is 0 Å². The summed E-state index contributed by atoms with van der Waals surface area (Å²) in [7, 11) is -3.62. The predicted octanol–water partition coefficient (Wildman–Crippen LogP) is 2.87. The maximum atomic E-state index is 12.7. The Morgan fingerprint density at radius 1 is 1.04 bits per heavy atom. The molecule has 2 aromatic carbocycles. The first kappa shape index (κ1) is 20.6. The van der Waals surface area contributed by atoms with Crippen LogP contribution in [-0.4, -0.2) is 56.3 Å². The Bertz CT molecular complexity index is 950. The van der Waals surface area contributed by atoms with Crippen LogP contribution in [0.2, 0.25) is 5.02 Å². The Labute approximate surface area is 170 Å². The maximum Gasteiger partial charge on any atom is 0.260 e. The van der Waals surface area contributed by atoms with Gasteiger partial charge in [-0.15, -0.1) is 0 Å². The summed E-state index contributed by atoms with van der Waals surface area (Å²) in [6.45, 7) is 4.95. The number of amides is 1. The summed E-state index contributed by atoms with van der Waals surface area (Å²) in [4.78, 5) is 14.3. The van der Waals surface area contributed by atoms with Gasteiger partial charge in [0.1, 0.15) is 5.75 Å². The number of hydrogen-bond acceptors (Lipinski definition) is 4. The van der Waals surface area contributed by atoms with Gasteiger partial charge in [-0.2, -0.15) is 4.31 Å². The molecule has 0 aromatic heterocycles. The van der Waals surface area contributed by atoms with E-state index in [1.807, 2.05) is 32.0 Å². The van der Waals surface area contributed by atoms with E-state index in [9.17, 15) is 13.2 Å². The SMILES string of the molecule is Cc1cccc(C)c1OCC(=O)N1CCN(S(=O)(=O)c2cccc(Cl)c2)CC1. The fraction of sp³-hybridized carbons (Fsp3) is 0.350. The second-order valence-electron chi connectivity index (χ2n) is 6.75. The molecule has 1 aliphatic heterocycles. The molecule has 1 heterocycles. The van der Waals surface area contributed by atoms with Crippen molar-refractivity contribution in [2.75, 3.05) is 32.8 Å². The highest BCUT2D eigenvalue weighted by molar-refractivity contribution is 7.89. The van der Waals surface area contributed by atoms with Crippen LogP contribution in [-0.2, 0) is 14.8 Å². The van der Waals surface area contributed by atoms with Crippen molar-refractivity contribution in [3.8, 4) is 5.75 Å². The Morgan fingerprint density at radius 3 is 2.25 bits per heavy atom. The zero-order valence-corrected chi connectivity index (χ0v) is 17.5. The summed E-state index contributed by atoms with van der Waals surface area (Å²) in [5, 5.41) is 0.374. The topological polar surface area (TPSA) is 66.9 Å². The van der Waals surface area contributed by atoms with E-state index in [1.54, 1.807) is 17.0 Å². The highest BCUT2D eigenvalue weighted by Gasteiger charge is 2.30. The van der Waals surface area contributed by atoms with Crippen LogP contribution in [0.15, 0.2) is 47.4 Å². The number of benzene rings is 2. The average Bonchev–Trinajstić information content (AvgIpc) is 2.67. The molecule has 3 rings (SSSR count). The summed E-state index contributed by atoms with van der Waals surface area (Å²) in [6, 6.07) is 12.0. The summed E-state index contributed by atoms with van der Waals surface area (Å²) < 4.78 is 32.6. The van der Waals surface area contributed by atoms with Crippen LogP contribution in [0.4, 0.5) is 0 Å². The van der Waals surface area contributed by atoms with E-state index in [2.05, 4.69) is 0 Å². The normalized spacial score (nSPS) is 15.5. The Kier molecular flexibility index (Phi) is 6.27. The molecule has 1 aliphatic rings. The third-order valence-electron chi connectivity index (χ3n) is 4.77. The van der Waals surface area contributed by atoms with E-state index >= 15 is 0 Å². The average molecular weight is 423 g/mol. The molecule has 0 saturated carbocycles. The molecule has 1 fully saturated rings.